The van der Waals surface area contributed by atoms with E-state index in [4.69, 9.17) is 0 Å². The third-order valence-electron chi connectivity index (χ3n) is 5.40. The Kier molecular flexibility index (Phi) is 5.48. The van der Waals surface area contributed by atoms with Crippen LogP contribution in [0.2, 0.25) is 0 Å². The van der Waals surface area contributed by atoms with Crippen molar-refractivity contribution in [3.8, 4) is 0 Å². The zero-order chi connectivity index (χ0) is 14.6. The molecule has 1 saturated carbocycles. The van der Waals surface area contributed by atoms with Gasteiger partial charge in [0.1, 0.15) is 0 Å². The SMILES string of the molecule is CC(CC(=O)NC1CCC(C)(C)CC1)C1CCNCC1. The second-order valence-corrected chi connectivity index (χ2v) is 7.77. The van der Waals surface area contributed by atoms with Gasteiger partial charge in [0.15, 0.2) is 0 Å². The Bertz CT molecular complexity index is 311. The number of nitrogens with one attached hydrogen (secondary N) is 2. The Balaban J connectivity index is 1.69. The lowest BCUT2D eigenvalue weighted by Gasteiger charge is -2.35. The summed E-state index contributed by atoms with van der Waals surface area (Å²) in [6.45, 7) is 9.16. The van der Waals surface area contributed by atoms with Crippen molar-refractivity contribution in [1.82, 2.24) is 10.6 Å². The van der Waals surface area contributed by atoms with Crippen LogP contribution in [0.15, 0.2) is 0 Å². The molecule has 0 aromatic rings. The highest BCUT2D eigenvalue weighted by molar-refractivity contribution is 5.76. The number of hydrogen-bond acceptors (Lipinski definition) is 2. The van der Waals surface area contributed by atoms with Crippen molar-refractivity contribution >= 4 is 5.91 Å². The molecule has 1 unspecified atom stereocenters. The molecule has 20 heavy (non-hydrogen) atoms. The fourth-order valence-corrected chi connectivity index (χ4v) is 3.70. The molecular formula is C17H32N2O. The molecule has 1 saturated heterocycles. The van der Waals surface area contributed by atoms with E-state index in [-0.39, 0.29) is 5.91 Å². The van der Waals surface area contributed by atoms with Crippen molar-refractivity contribution in [2.24, 2.45) is 17.3 Å². The predicted octanol–water partition coefficient (Wildman–Crippen LogP) is 3.10. The Morgan fingerprint density at radius 2 is 1.80 bits per heavy atom. The molecule has 0 aromatic carbocycles. The molecule has 1 aliphatic carbocycles. The Morgan fingerprint density at radius 3 is 2.40 bits per heavy atom. The summed E-state index contributed by atoms with van der Waals surface area (Å²) in [5.41, 5.74) is 0.476. The van der Waals surface area contributed by atoms with Gasteiger partial charge < -0.3 is 10.6 Å². The van der Waals surface area contributed by atoms with Gasteiger partial charge >= 0.3 is 0 Å². The molecule has 1 atom stereocenters. The normalized spacial score (nSPS) is 26.1. The summed E-state index contributed by atoms with van der Waals surface area (Å²) in [4.78, 5) is 12.2. The Morgan fingerprint density at radius 1 is 1.20 bits per heavy atom. The summed E-state index contributed by atoms with van der Waals surface area (Å²) in [5.74, 6) is 1.53. The molecule has 3 heteroatoms. The number of carbonyl (C=O) groups is 1. The highest BCUT2D eigenvalue weighted by Crippen LogP contribution is 2.35. The monoisotopic (exact) mass is 280 g/mol. The molecule has 1 heterocycles. The minimum Gasteiger partial charge on any atom is -0.353 e. The van der Waals surface area contributed by atoms with E-state index in [1.54, 1.807) is 0 Å². The molecule has 0 bridgehead atoms. The van der Waals surface area contributed by atoms with E-state index >= 15 is 0 Å². The minimum atomic E-state index is 0.278. The van der Waals surface area contributed by atoms with Crippen molar-refractivity contribution in [1.29, 1.82) is 0 Å². The summed E-state index contributed by atoms with van der Waals surface area (Å²) < 4.78 is 0. The first kappa shape index (κ1) is 15.8. The molecule has 0 radical (unpaired) electrons. The van der Waals surface area contributed by atoms with E-state index in [0.29, 0.717) is 23.8 Å². The molecule has 1 aliphatic heterocycles. The van der Waals surface area contributed by atoms with Crippen molar-refractivity contribution in [2.45, 2.75) is 71.8 Å². The Labute approximate surface area is 124 Å². The lowest BCUT2D eigenvalue weighted by Crippen LogP contribution is -2.40. The number of hydrogen-bond donors (Lipinski definition) is 2. The largest absolute Gasteiger partial charge is 0.353 e. The predicted molar refractivity (Wildman–Crippen MR) is 83.6 cm³/mol. The maximum atomic E-state index is 12.2. The fourth-order valence-electron chi connectivity index (χ4n) is 3.70. The van der Waals surface area contributed by atoms with Gasteiger partial charge in [-0.1, -0.05) is 20.8 Å². The maximum absolute atomic E-state index is 12.2. The molecule has 2 aliphatic rings. The average molecular weight is 280 g/mol. The van der Waals surface area contributed by atoms with Crippen LogP contribution in [-0.4, -0.2) is 25.0 Å². The standard InChI is InChI=1S/C17H32N2O/c1-13(14-6-10-18-11-7-14)12-16(20)19-15-4-8-17(2,3)9-5-15/h13-15,18H,4-12H2,1-3H3,(H,19,20). The van der Waals surface area contributed by atoms with E-state index in [1.807, 2.05) is 0 Å². The third-order valence-corrected chi connectivity index (χ3v) is 5.40. The van der Waals surface area contributed by atoms with Gasteiger partial charge in [0.05, 0.1) is 0 Å². The number of piperidine rings is 1. The third kappa shape index (κ3) is 4.76. The van der Waals surface area contributed by atoms with Gasteiger partial charge in [0.25, 0.3) is 0 Å². The van der Waals surface area contributed by atoms with Gasteiger partial charge in [0.2, 0.25) is 5.91 Å². The zero-order valence-corrected chi connectivity index (χ0v) is 13.5. The van der Waals surface area contributed by atoms with Crippen molar-refractivity contribution in [2.75, 3.05) is 13.1 Å². The van der Waals surface area contributed by atoms with Crippen LogP contribution in [-0.2, 0) is 4.79 Å². The number of amides is 1. The molecule has 2 N–H and O–H groups in total. The minimum absolute atomic E-state index is 0.278. The van der Waals surface area contributed by atoms with Crippen LogP contribution in [0.5, 0.6) is 0 Å². The average Bonchev–Trinajstić information content (AvgIpc) is 2.42. The summed E-state index contributed by atoms with van der Waals surface area (Å²) in [7, 11) is 0. The maximum Gasteiger partial charge on any atom is 0.220 e. The summed E-state index contributed by atoms with van der Waals surface area (Å²) in [6.07, 6.45) is 7.95. The van der Waals surface area contributed by atoms with Crippen LogP contribution in [0.3, 0.4) is 0 Å². The quantitative estimate of drug-likeness (QED) is 0.831. The molecular weight excluding hydrogens is 248 g/mol. The topological polar surface area (TPSA) is 41.1 Å². The van der Waals surface area contributed by atoms with E-state index in [9.17, 15) is 4.79 Å². The smallest absolute Gasteiger partial charge is 0.220 e. The van der Waals surface area contributed by atoms with Crippen LogP contribution in [0.4, 0.5) is 0 Å². The Hall–Kier alpha value is -0.570. The zero-order valence-electron chi connectivity index (χ0n) is 13.5. The molecule has 116 valence electrons. The molecule has 2 fully saturated rings. The lowest BCUT2D eigenvalue weighted by molar-refractivity contribution is -0.123. The van der Waals surface area contributed by atoms with Gasteiger partial charge in [-0.05, 0) is 68.9 Å². The highest BCUT2D eigenvalue weighted by atomic mass is 16.1. The van der Waals surface area contributed by atoms with Crippen molar-refractivity contribution in [3.05, 3.63) is 0 Å². The number of rotatable bonds is 4. The number of carbonyl (C=O) groups excluding carboxylic acids is 1. The first-order valence-electron chi connectivity index (χ1n) is 8.46. The van der Waals surface area contributed by atoms with E-state index in [1.165, 1.54) is 25.7 Å². The molecule has 2 rings (SSSR count). The second-order valence-electron chi connectivity index (χ2n) is 7.77. The van der Waals surface area contributed by atoms with Gasteiger partial charge in [-0.2, -0.15) is 0 Å². The second kappa shape index (κ2) is 6.93. The molecule has 1 amide bonds. The van der Waals surface area contributed by atoms with Crippen LogP contribution >= 0.6 is 0 Å². The fraction of sp³-hybridized carbons (Fsp3) is 0.941. The van der Waals surface area contributed by atoms with Crippen LogP contribution in [0, 0.1) is 17.3 Å². The van der Waals surface area contributed by atoms with Gasteiger partial charge in [-0.15, -0.1) is 0 Å². The van der Waals surface area contributed by atoms with Crippen molar-refractivity contribution < 1.29 is 4.79 Å². The highest BCUT2D eigenvalue weighted by Gasteiger charge is 2.28. The van der Waals surface area contributed by atoms with E-state index in [2.05, 4.69) is 31.4 Å². The van der Waals surface area contributed by atoms with Crippen LogP contribution in [0.1, 0.15) is 65.7 Å². The molecule has 0 aromatic heterocycles. The molecule has 3 nitrogen and oxygen atoms in total. The van der Waals surface area contributed by atoms with E-state index in [0.717, 1.165) is 31.8 Å². The van der Waals surface area contributed by atoms with E-state index < -0.39 is 0 Å². The molecule has 0 spiro atoms. The van der Waals surface area contributed by atoms with Crippen LogP contribution < -0.4 is 10.6 Å². The summed E-state index contributed by atoms with van der Waals surface area (Å²) in [5, 5.41) is 6.67. The van der Waals surface area contributed by atoms with Gasteiger partial charge in [-0.3, -0.25) is 4.79 Å². The summed E-state index contributed by atoms with van der Waals surface area (Å²) in [6, 6.07) is 0.427. The first-order valence-corrected chi connectivity index (χ1v) is 8.46. The van der Waals surface area contributed by atoms with Crippen molar-refractivity contribution in [3.63, 3.8) is 0 Å². The van der Waals surface area contributed by atoms with Crippen LogP contribution in [0.25, 0.3) is 0 Å². The van der Waals surface area contributed by atoms with Gasteiger partial charge in [0, 0.05) is 12.5 Å². The lowest BCUT2D eigenvalue weighted by atomic mass is 9.75. The van der Waals surface area contributed by atoms with Gasteiger partial charge in [-0.25, -0.2) is 0 Å². The summed E-state index contributed by atoms with van der Waals surface area (Å²) >= 11 is 0. The first-order chi connectivity index (χ1) is 9.46.